The van der Waals surface area contributed by atoms with Crippen LogP contribution in [0.1, 0.15) is 52.4 Å². The Morgan fingerprint density at radius 1 is 0.875 bits per heavy atom. The third-order valence-electron chi connectivity index (χ3n) is 5.11. The van der Waals surface area contributed by atoms with E-state index < -0.39 is 23.2 Å². The van der Waals surface area contributed by atoms with Crippen molar-refractivity contribution in [3.8, 4) is 0 Å². The predicted molar refractivity (Wildman–Crippen MR) is 85.9 cm³/mol. The smallest absolute Gasteiger partial charge is 1.00 e. The molecular weight excluding hydrogens is 422 g/mol. The number of rotatable bonds is 6. The van der Waals surface area contributed by atoms with Crippen LogP contribution in [0.25, 0.3) is 0 Å². The van der Waals surface area contributed by atoms with Crippen molar-refractivity contribution in [1.29, 1.82) is 0 Å². The van der Waals surface area contributed by atoms with Gasteiger partial charge in [0.05, 0.1) is 0 Å². The number of aliphatic hydroxyl groups excluding tert-OH is 2. The van der Waals surface area contributed by atoms with Gasteiger partial charge in [-0.3, -0.25) is 0 Å². The van der Waals surface area contributed by atoms with Crippen LogP contribution in [0.3, 0.4) is 0 Å². The molecule has 0 unspecified atom stereocenters. The largest absolute Gasteiger partial charge is 1.00 e. The van der Waals surface area contributed by atoms with E-state index in [-0.39, 0.29) is 43.4 Å². The summed E-state index contributed by atoms with van der Waals surface area (Å²) in [7, 11) is 0. The molecule has 24 heavy (non-hydrogen) atoms. The van der Waals surface area contributed by atoms with Crippen LogP contribution in [-0.2, 0) is 23.2 Å². The maximum atomic E-state index is 9.17. The normalized spacial score (nSPS) is 20.2. The molecule has 0 saturated heterocycles. The molecule has 5 heteroatoms. The van der Waals surface area contributed by atoms with Gasteiger partial charge in [-0.1, -0.05) is 0 Å². The summed E-state index contributed by atoms with van der Waals surface area (Å²) in [4.78, 5) is 0. The van der Waals surface area contributed by atoms with Crippen LogP contribution in [0.5, 0.6) is 0 Å². The first kappa shape index (κ1) is 22.4. The molecule has 0 spiro atoms. The van der Waals surface area contributed by atoms with Crippen molar-refractivity contribution in [3.63, 3.8) is 0 Å². The van der Waals surface area contributed by atoms with Gasteiger partial charge in [0.1, 0.15) is 0 Å². The molecule has 2 N–H and O–H groups in total. The van der Waals surface area contributed by atoms with Gasteiger partial charge < -0.3 is 24.8 Å². The minimum atomic E-state index is -0.599. The van der Waals surface area contributed by atoms with Gasteiger partial charge in [0.25, 0.3) is 0 Å². The van der Waals surface area contributed by atoms with E-state index in [1.54, 1.807) is 17.7 Å². The fraction of sp³-hybridized carbons (Fsp3) is 0.579. The van der Waals surface area contributed by atoms with Gasteiger partial charge >= 0.3 is 145 Å². The van der Waals surface area contributed by atoms with Crippen molar-refractivity contribution in [1.82, 2.24) is 0 Å². The Morgan fingerprint density at radius 3 is 1.67 bits per heavy atom. The Morgan fingerprint density at radius 2 is 1.29 bits per heavy atom. The van der Waals surface area contributed by atoms with Crippen molar-refractivity contribution in [3.05, 3.63) is 41.0 Å². The van der Waals surface area contributed by atoms with Crippen molar-refractivity contribution in [2.75, 3.05) is 13.2 Å². The van der Waals surface area contributed by atoms with Gasteiger partial charge in [0, 0.05) is 0 Å². The van der Waals surface area contributed by atoms with Crippen LogP contribution < -0.4 is 24.8 Å². The number of allylic oxidation sites excluding steroid dienone is 8. The summed E-state index contributed by atoms with van der Waals surface area (Å²) >= 11 is -0.599. The molecule has 1 aliphatic heterocycles. The van der Waals surface area contributed by atoms with E-state index >= 15 is 0 Å². The van der Waals surface area contributed by atoms with Crippen LogP contribution in [-0.4, -0.2) is 23.4 Å². The van der Waals surface area contributed by atoms with Crippen molar-refractivity contribution in [2.24, 2.45) is 5.41 Å². The van der Waals surface area contributed by atoms with Gasteiger partial charge in [0.2, 0.25) is 0 Å². The van der Waals surface area contributed by atoms with Gasteiger partial charge in [-0.05, 0) is 0 Å². The molecular formula is C19H26Cl2O2Zr. The van der Waals surface area contributed by atoms with E-state index in [0.717, 1.165) is 25.7 Å². The Labute approximate surface area is 169 Å². The van der Waals surface area contributed by atoms with E-state index in [0.29, 0.717) is 0 Å². The van der Waals surface area contributed by atoms with Crippen molar-refractivity contribution < 1.29 is 58.3 Å². The molecule has 3 rings (SSSR count). The summed E-state index contributed by atoms with van der Waals surface area (Å²) in [6, 6.07) is 0. The van der Waals surface area contributed by atoms with Gasteiger partial charge in [0.15, 0.2) is 0 Å². The summed E-state index contributed by atoms with van der Waals surface area (Å²) in [5, 5.41) is 18.3. The van der Waals surface area contributed by atoms with Crippen LogP contribution in [0, 0.1) is 5.41 Å². The fourth-order valence-corrected chi connectivity index (χ4v) is 9.17. The number of hydrogen-bond acceptors (Lipinski definition) is 2. The van der Waals surface area contributed by atoms with E-state index in [9.17, 15) is 0 Å². The SMILES string of the molecule is CC1(C)C2=[C](CC=C2CCCO)[Zr+2][C]2=C1C(CCCO)=CC2.[Cl-].[Cl-]. The summed E-state index contributed by atoms with van der Waals surface area (Å²) in [5.74, 6) is 0. The molecule has 0 aromatic carbocycles. The number of hydrogen-bond donors (Lipinski definition) is 2. The first-order chi connectivity index (χ1) is 10.6. The van der Waals surface area contributed by atoms with Gasteiger partial charge in [-0.25, -0.2) is 0 Å². The average molecular weight is 449 g/mol. The Bertz CT molecular complexity index is 550. The monoisotopic (exact) mass is 446 g/mol. The Hall–Kier alpha value is 0.343. The van der Waals surface area contributed by atoms with Crippen LogP contribution in [0.2, 0.25) is 0 Å². The molecule has 0 atom stereocenters. The quantitative estimate of drug-likeness (QED) is 0.486. The Kier molecular flexibility index (Phi) is 8.70. The zero-order valence-electron chi connectivity index (χ0n) is 14.5. The van der Waals surface area contributed by atoms with Crippen LogP contribution in [0.15, 0.2) is 41.0 Å². The Balaban J connectivity index is 0.00000144. The third kappa shape index (κ3) is 4.02. The first-order valence-electron chi connectivity index (χ1n) is 8.44. The molecule has 0 saturated carbocycles. The zero-order chi connectivity index (χ0) is 15.7. The second-order valence-corrected chi connectivity index (χ2v) is 10.6. The summed E-state index contributed by atoms with van der Waals surface area (Å²) in [6.45, 7) is 5.37. The zero-order valence-corrected chi connectivity index (χ0v) is 18.4. The summed E-state index contributed by atoms with van der Waals surface area (Å²) < 4.78 is 3.55. The van der Waals surface area contributed by atoms with E-state index in [4.69, 9.17) is 10.2 Å². The minimum Gasteiger partial charge on any atom is -1.00 e. The molecule has 2 nitrogen and oxygen atoms in total. The molecule has 0 fully saturated rings. The standard InChI is InChI=1S/C19H26O2.2ClH.Zr/c1-19(2,17-11-3-7-15(17)9-5-13-20)18-12-4-8-16(18)10-6-14-21;;;/h7-8,20-21H,3-6,9-10,13-14H2,1-2H3;2*1H;/q;;;+2/p-2. The third-order valence-corrected chi connectivity index (χ3v) is 8.83. The maximum absolute atomic E-state index is 9.17. The number of aliphatic hydroxyl groups is 2. The average Bonchev–Trinajstić information content (AvgIpc) is 3.08. The summed E-state index contributed by atoms with van der Waals surface area (Å²) in [5.41, 5.74) is 6.40. The molecule has 0 aromatic rings. The van der Waals surface area contributed by atoms with E-state index in [1.807, 2.05) is 0 Å². The first-order valence-corrected chi connectivity index (χ1v) is 10.9. The van der Waals surface area contributed by atoms with E-state index in [2.05, 4.69) is 26.0 Å². The fourth-order valence-electron chi connectivity index (χ4n) is 4.33. The topological polar surface area (TPSA) is 40.5 Å². The van der Waals surface area contributed by atoms with Crippen molar-refractivity contribution in [2.45, 2.75) is 52.4 Å². The summed E-state index contributed by atoms with van der Waals surface area (Å²) in [6.07, 6.45) is 11.0. The molecule has 0 aromatic heterocycles. The maximum Gasteiger partial charge on any atom is -1.00 e. The van der Waals surface area contributed by atoms with Crippen LogP contribution >= 0.6 is 0 Å². The van der Waals surface area contributed by atoms with Crippen LogP contribution in [0.4, 0.5) is 0 Å². The van der Waals surface area contributed by atoms with Crippen molar-refractivity contribution >= 4 is 0 Å². The number of halogens is 2. The van der Waals surface area contributed by atoms with E-state index in [1.165, 1.54) is 24.0 Å². The molecule has 0 radical (unpaired) electrons. The molecule has 2 aliphatic carbocycles. The molecule has 132 valence electrons. The molecule has 0 amide bonds. The second-order valence-electron chi connectivity index (χ2n) is 6.98. The molecule has 1 heterocycles. The van der Waals surface area contributed by atoms with Gasteiger partial charge in [-0.15, -0.1) is 0 Å². The molecule has 3 aliphatic rings. The molecule has 0 bridgehead atoms. The van der Waals surface area contributed by atoms with Gasteiger partial charge in [-0.2, -0.15) is 0 Å². The predicted octanol–water partition coefficient (Wildman–Crippen LogP) is -2.17. The minimum absolute atomic E-state index is 0. The second kappa shape index (κ2) is 9.33.